The summed E-state index contributed by atoms with van der Waals surface area (Å²) < 4.78 is 5.13. The average molecular weight is 342 g/mol. The van der Waals surface area contributed by atoms with E-state index in [9.17, 15) is 4.79 Å². The van der Waals surface area contributed by atoms with Gasteiger partial charge in [-0.25, -0.2) is 0 Å². The normalized spacial score (nSPS) is 11.5. The molecule has 0 amide bonds. The zero-order chi connectivity index (χ0) is 18.2. The predicted octanol–water partition coefficient (Wildman–Crippen LogP) is 4.40. The minimum atomic E-state index is -0.163. The Balaban J connectivity index is 1.91. The maximum atomic E-state index is 12.8. The quantitative estimate of drug-likeness (QED) is 0.379. The van der Waals surface area contributed by atoms with Crippen LogP contribution in [0.2, 0.25) is 0 Å². The lowest BCUT2D eigenvalue weighted by atomic mass is 10.0. The molecule has 0 atom stereocenters. The number of hydrogen-bond acceptors (Lipinski definition) is 4. The van der Waals surface area contributed by atoms with Crippen molar-refractivity contribution in [2.24, 2.45) is 10.2 Å². The molecule has 0 aliphatic carbocycles. The van der Waals surface area contributed by atoms with Gasteiger partial charge in [-0.15, -0.1) is 5.10 Å². The van der Waals surface area contributed by atoms with Crippen molar-refractivity contribution in [3.63, 3.8) is 0 Å². The molecule has 3 aromatic rings. The molecule has 0 aromatic heterocycles. The number of carbonyl (C=O) groups is 1. The summed E-state index contributed by atoms with van der Waals surface area (Å²) in [7, 11) is 1.62. The third-order valence-corrected chi connectivity index (χ3v) is 3.78. The van der Waals surface area contributed by atoms with E-state index >= 15 is 0 Å². The van der Waals surface area contributed by atoms with Crippen molar-refractivity contribution in [3.05, 3.63) is 102 Å². The zero-order valence-electron chi connectivity index (χ0n) is 14.4. The van der Waals surface area contributed by atoms with Crippen LogP contribution in [-0.2, 0) is 0 Å². The van der Waals surface area contributed by atoms with Crippen molar-refractivity contribution in [1.82, 2.24) is 0 Å². The summed E-state index contributed by atoms with van der Waals surface area (Å²) in [6, 6.07) is 25.9. The number of ketones is 1. The second-order valence-electron chi connectivity index (χ2n) is 5.53. The lowest BCUT2D eigenvalue weighted by Crippen LogP contribution is -2.15. The molecule has 3 aromatic carbocycles. The number of nitrogens with zero attached hydrogens (tertiary/aromatic N) is 2. The third-order valence-electron chi connectivity index (χ3n) is 3.78. The smallest absolute Gasteiger partial charge is 0.213 e. The Labute approximate surface area is 152 Å². The maximum Gasteiger partial charge on any atom is 0.213 e. The van der Waals surface area contributed by atoms with Crippen molar-refractivity contribution >= 4 is 17.7 Å². The molecule has 3 rings (SSSR count). The van der Waals surface area contributed by atoms with E-state index in [1.165, 1.54) is 0 Å². The number of carbonyl (C=O) groups excluding carboxylic acids is 1. The molecule has 4 nitrogen and oxygen atoms in total. The van der Waals surface area contributed by atoms with E-state index in [0.29, 0.717) is 11.3 Å². The summed E-state index contributed by atoms with van der Waals surface area (Å²) in [5.74, 6) is 0.610. The Morgan fingerprint density at radius 1 is 0.808 bits per heavy atom. The van der Waals surface area contributed by atoms with Crippen LogP contribution in [-0.4, -0.2) is 24.8 Å². The van der Waals surface area contributed by atoms with E-state index < -0.39 is 0 Å². The van der Waals surface area contributed by atoms with Gasteiger partial charge in [0.1, 0.15) is 11.5 Å². The fraction of sp³-hybridized carbons (Fsp3) is 0.0455. The molecule has 0 bridgehead atoms. The van der Waals surface area contributed by atoms with E-state index in [-0.39, 0.29) is 5.78 Å². The SMILES string of the molecule is COc1ccc(/C=N/N=C(\C(=O)c2ccccc2)c2ccccc2)cc1. The Bertz CT molecular complexity index is 915. The van der Waals surface area contributed by atoms with Gasteiger partial charge < -0.3 is 4.74 Å². The molecule has 0 unspecified atom stereocenters. The minimum Gasteiger partial charge on any atom is -0.497 e. The minimum absolute atomic E-state index is 0.163. The first kappa shape index (κ1) is 17.3. The number of Topliss-reactive ketones (excluding diaryl/α,β-unsaturated/α-hetero) is 1. The lowest BCUT2D eigenvalue weighted by Gasteiger charge is -2.04. The Morgan fingerprint density at radius 2 is 1.38 bits per heavy atom. The average Bonchev–Trinajstić information content (AvgIpc) is 2.72. The van der Waals surface area contributed by atoms with Gasteiger partial charge in [-0.3, -0.25) is 4.79 Å². The van der Waals surface area contributed by atoms with Crippen molar-refractivity contribution in [2.45, 2.75) is 0 Å². The van der Waals surface area contributed by atoms with Gasteiger partial charge in [0.05, 0.1) is 13.3 Å². The van der Waals surface area contributed by atoms with Crippen molar-refractivity contribution in [2.75, 3.05) is 7.11 Å². The molecular formula is C22H18N2O2. The van der Waals surface area contributed by atoms with Gasteiger partial charge >= 0.3 is 0 Å². The summed E-state index contributed by atoms with van der Waals surface area (Å²) >= 11 is 0. The number of methoxy groups -OCH3 is 1. The van der Waals surface area contributed by atoms with Crippen molar-refractivity contribution < 1.29 is 9.53 Å². The molecule has 0 saturated heterocycles. The van der Waals surface area contributed by atoms with Crippen LogP contribution in [0.15, 0.2) is 95.1 Å². The van der Waals surface area contributed by atoms with Gasteiger partial charge in [-0.05, 0) is 29.8 Å². The molecule has 0 N–H and O–H groups in total. The van der Waals surface area contributed by atoms with Crippen molar-refractivity contribution in [3.8, 4) is 5.75 Å². The van der Waals surface area contributed by atoms with Gasteiger partial charge in [-0.2, -0.15) is 5.10 Å². The molecule has 0 radical (unpaired) electrons. The maximum absolute atomic E-state index is 12.8. The molecule has 128 valence electrons. The van der Waals surface area contributed by atoms with Crippen LogP contribution in [0.5, 0.6) is 5.75 Å². The summed E-state index contributed by atoms with van der Waals surface area (Å²) in [4.78, 5) is 12.8. The molecule has 0 heterocycles. The standard InChI is InChI=1S/C22H18N2O2/c1-26-20-14-12-17(13-15-20)16-23-24-21(18-8-4-2-5-9-18)22(25)19-10-6-3-7-11-19/h2-16H,1H3/b23-16+,24-21-. The van der Waals surface area contributed by atoms with Gasteiger partial charge in [0.15, 0.2) is 0 Å². The predicted molar refractivity (Wildman–Crippen MR) is 104 cm³/mol. The third kappa shape index (κ3) is 4.30. The topological polar surface area (TPSA) is 51.0 Å². The molecular weight excluding hydrogens is 324 g/mol. The second-order valence-corrected chi connectivity index (χ2v) is 5.53. The van der Waals surface area contributed by atoms with Gasteiger partial charge in [-0.1, -0.05) is 60.7 Å². The van der Waals surface area contributed by atoms with Gasteiger partial charge in [0.25, 0.3) is 0 Å². The van der Waals surface area contributed by atoms with Crippen LogP contribution >= 0.6 is 0 Å². The van der Waals surface area contributed by atoms with Crippen LogP contribution in [0.25, 0.3) is 0 Å². The van der Waals surface area contributed by atoms with Gasteiger partial charge in [0.2, 0.25) is 5.78 Å². The Morgan fingerprint density at radius 3 is 1.96 bits per heavy atom. The van der Waals surface area contributed by atoms with Crippen LogP contribution in [0.3, 0.4) is 0 Å². The number of hydrogen-bond donors (Lipinski definition) is 0. The van der Waals surface area contributed by atoms with E-state index in [2.05, 4.69) is 10.2 Å². The molecule has 26 heavy (non-hydrogen) atoms. The fourth-order valence-electron chi connectivity index (χ4n) is 2.40. The highest BCUT2D eigenvalue weighted by Crippen LogP contribution is 2.11. The van der Waals surface area contributed by atoms with E-state index in [0.717, 1.165) is 16.9 Å². The first-order chi connectivity index (χ1) is 12.8. The molecule has 0 aliphatic rings. The van der Waals surface area contributed by atoms with Crippen molar-refractivity contribution in [1.29, 1.82) is 0 Å². The first-order valence-corrected chi connectivity index (χ1v) is 8.18. The summed E-state index contributed by atoms with van der Waals surface area (Å²) in [6.07, 6.45) is 1.61. The van der Waals surface area contributed by atoms with Gasteiger partial charge in [0, 0.05) is 11.1 Å². The molecule has 4 heteroatoms. The highest BCUT2D eigenvalue weighted by atomic mass is 16.5. The fourth-order valence-corrected chi connectivity index (χ4v) is 2.40. The monoisotopic (exact) mass is 342 g/mol. The molecule has 0 spiro atoms. The van der Waals surface area contributed by atoms with E-state index in [1.807, 2.05) is 72.8 Å². The Kier molecular flexibility index (Phi) is 5.68. The molecule has 0 fully saturated rings. The van der Waals surface area contributed by atoms with E-state index in [1.54, 1.807) is 25.5 Å². The summed E-state index contributed by atoms with van der Waals surface area (Å²) in [6.45, 7) is 0. The van der Waals surface area contributed by atoms with Crippen LogP contribution in [0.1, 0.15) is 21.5 Å². The number of ether oxygens (including phenoxy) is 1. The number of rotatable bonds is 6. The van der Waals surface area contributed by atoms with Crippen LogP contribution in [0.4, 0.5) is 0 Å². The largest absolute Gasteiger partial charge is 0.497 e. The zero-order valence-corrected chi connectivity index (χ0v) is 14.4. The second kappa shape index (κ2) is 8.53. The highest BCUT2D eigenvalue weighted by molar-refractivity contribution is 6.51. The first-order valence-electron chi connectivity index (χ1n) is 8.18. The highest BCUT2D eigenvalue weighted by Gasteiger charge is 2.15. The van der Waals surface area contributed by atoms with E-state index in [4.69, 9.17) is 4.74 Å². The Hall–Kier alpha value is -3.53. The van der Waals surface area contributed by atoms with Crippen LogP contribution in [0, 0.1) is 0 Å². The lowest BCUT2D eigenvalue weighted by molar-refractivity contribution is 0.106. The number of benzene rings is 3. The van der Waals surface area contributed by atoms with Crippen LogP contribution < -0.4 is 4.74 Å². The summed E-state index contributed by atoms with van der Waals surface area (Å²) in [5.41, 5.74) is 2.48. The summed E-state index contributed by atoms with van der Waals surface area (Å²) in [5, 5.41) is 8.34. The molecule has 0 saturated carbocycles. The molecule has 0 aliphatic heterocycles.